The topological polar surface area (TPSA) is 103 Å². The molecule has 0 aliphatic carbocycles. The van der Waals surface area contributed by atoms with E-state index >= 15 is 0 Å². The lowest BCUT2D eigenvalue weighted by Gasteiger charge is -2.26. The molecule has 3 rings (SSSR count). The molecule has 0 aromatic heterocycles. The summed E-state index contributed by atoms with van der Waals surface area (Å²) in [6, 6.07) is 15.5. The Hall–Kier alpha value is -3.63. The molecule has 1 N–H and O–H groups in total. The zero-order valence-electron chi connectivity index (χ0n) is 20.3. The molecule has 0 atom stereocenters. The van der Waals surface area contributed by atoms with Crippen molar-refractivity contribution in [1.29, 1.82) is 0 Å². The molecule has 3 aromatic carbocycles. The van der Waals surface area contributed by atoms with Crippen molar-refractivity contribution in [3.8, 4) is 23.0 Å². The van der Waals surface area contributed by atoms with Crippen LogP contribution in [0.25, 0.3) is 0 Å². The average Bonchev–Trinajstić information content (AvgIpc) is 2.88. The van der Waals surface area contributed by atoms with Gasteiger partial charge in [-0.05, 0) is 49.4 Å². The molecular weight excluding hydrogens is 508 g/mol. The minimum Gasteiger partial charge on any atom is -0.495 e. The maximum Gasteiger partial charge on any atom is 0.265 e. The molecule has 0 saturated heterocycles. The molecule has 0 heterocycles. The number of ether oxygens (including phenoxy) is 4. The first-order valence-electron chi connectivity index (χ1n) is 10.8. The first-order chi connectivity index (χ1) is 17.2. The molecule has 192 valence electrons. The first-order valence-corrected chi connectivity index (χ1v) is 12.7. The molecule has 1 amide bonds. The number of methoxy groups -OCH3 is 3. The average molecular weight is 535 g/mol. The van der Waals surface area contributed by atoms with Crippen LogP contribution in [0.1, 0.15) is 6.92 Å². The zero-order valence-corrected chi connectivity index (χ0v) is 21.9. The van der Waals surface area contributed by atoms with Crippen molar-refractivity contribution in [1.82, 2.24) is 0 Å². The lowest BCUT2D eigenvalue weighted by Crippen LogP contribution is -2.38. The van der Waals surface area contributed by atoms with Gasteiger partial charge in [0.2, 0.25) is 5.91 Å². The molecule has 0 saturated carbocycles. The Morgan fingerprint density at radius 1 is 0.889 bits per heavy atom. The number of amides is 1. The second kappa shape index (κ2) is 11.9. The van der Waals surface area contributed by atoms with E-state index < -0.39 is 22.5 Å². The van der Waals surface area contributed by atoms with Crippen LogP contribution >= 0.6 is 11.6 Å². The van der Waals surface area contributed by atoms with E-state index in [0.29, 0.717) is 23.8 Å². The predicted molar refractivity (Wildman–Crippen MR) is 138 cm³/mol. The van der Waals surface area contributed by atoms with Crippen LogP contribution in [-0.2, 0) is 14.8 Å². The SMILES string of the molecule is CCOc1ccccc1NC(=O)CN(c1cc(Cl)ccc1OC)S(=O)(=O)c1ccc(OC)c(OC)c1. The largest absolute Gasteiger partial charge is 0.495 e. The van der Waals surface area contributed by atoms with Crippen molar-refractivity contribution in [2.24, 2.45) is 0 Å². The number of rotatable bonds is 11. The van der Waals surface area contributed by atoms with Gasteiger partial charge in [-0.3, -0.25) is 9.10 Å². The number of nitrogens with one attached hydrogen (secondary N) is 1. The highest BCUT2D eigenvalue weighted by Crippen LogP contribution is 2.37. The third-order valence-corrected chi connectivity index (χ3v) is 7.09. The molecule has 0 aliphatic heterocycles. The summed E-state index contributed by atoms with van der Waals surface area (Å²) in [4.78, 5) is 13.0. The Balaban J connectivity index is 2.07. The number of halogens is 1. The quantitative estimate of drug-likeness (QED) is 0.383. The van der Waals surface area contributed by atoms with Crippen LogP contribution in [0.4, 0.5) is 11.4 Å². The first kappa shape index (κ1) is 27.0. The summed E-state index contributed by atoms with van der Waals surface area (Å²) in [5, 5.41) is 2.99. The van der Waals surface area contributed by atoms with Gasteiger partial charge in [0.1, 0.15) is 18.0 Å². The van der Waals surface area contributed by atoms with Gasteiger partial charge in [-0.1, -0.05) is 23.7 Å². The Kier molecular flexibility index (Phi) is 8.89. The third-order valence-electron chi connectivity index (χ3n) is 5.10. The minimum atomic E-state index is -4.30. The van der Waals surface area contributed by atoms with Gasteiger partial charge in [0.25, 0.3) is 10.0 Å². The monoisotopic (exact) mass is 534 g/mol. The second-order valence-corrected chi connectivity index (χ2v) is 9.62. The lowest BCUT2D eigenvalue weighted by atomic mass is 10.2. The molecule has 0 unspecified atom stereocenters. The molecule has 0 fully saturated rings. The van der Waals surface area contributed by atoms with Gasteiger partial charge in [0.15, 0.2) is 11.5 Å². The normalized spacial score (nSPS) is 10.9. The van der Waals surface area contributed by atoms with Crippen LogP contribution < -0.4 is 28.6 Å². The molecule has 0 radical (unpaired) electrons. The van der Waals surface area contributed by atoms with E-state index in [1.807, 2.05) is 6.92 Å². The number of para-hydroxylation sites is 2. The molecule has 9 nitrogen and oxygen atoms in total. The summed E-state index contributed by atoms with van der Waals surface area (Å²) in [6.07, 6.45) is 0. The van der Waals surface area contributed by atoms with Crippen molar-refractivity contribution in [2.45, 2.75) is 11.8 Å². The maximum atomic E-state index is 13.9. The molecular formula is C25H27ClN2O7S. The fourth-order valence-corrected chi connectivity index (χ4v) is 5.04. The Bertz CT molecular complexity index is 1330. The Morgan fingerprint density at radius 2 is 1.56 bits per heavy atom. The van der Waals surface area contributed by atoms with Gasteiger partial charge in [0, 0.05) is 11.1 Å². The summed E-state index contributed by atoms with van der Waals surface area (Å²) in [5.41, 5.74) is 0.499. The Labute approximate surface area is 215 Å². The summed E-state index contributed by atoms with van der Waals surface area (Å²) in [5.74, 6) is 0.641. The predicted octanol–water partition coefficient (Wildman–Crippen LogP) is 4.60. The van der Waals surface area contributed by atoms with Gasteiger partial charge in [-0.25, -0.2) is 8.42 Å². The number of anilines is 2. The van der Waals surface area contributed by atoms with Crippen molar-refractivity contribution >= 4 is 38.9 Å². The fourth-order valence-electron chi connectivity index (χ4n) is 3.43. The smallest absolute Gasteiger partial charge is 0.265 e. The van der Waals surface area contributed by atoms with Crippen LogP contribution in [-0.4, -0.2) is 48.8 Å². The highest BCUT2D eigenvalue weighted by molar-refractivity contribution is 7.92. The number of carbonyl (C=O) groups is 1. The van der Waals surface area contributed by atoms with E-state index in [4.69, 9.17) is 30.5 Å². The molecule has 3 aromatic rings. The number of nitrogens with zero attached hydrogens (tertiary/aromatic N) is 1. The minimum absolute atomic E-state index is 0.0908. The summed E-state index contributed by atoms with van der Waals surface area (Å²) in [6.45, 7) is 1.64. The van der Waals surface area contributed by atoms with Gasteiger partial charge < -0.3 is 24.3 Å². The van der Waals surface area contributed by atoms with E-state index in [9.17, 15) is 13.2 Å². The van der Waals surface area contributed by atoms with Gasteiger partial charge >= 0.3 is 0 Å². The number of hydrogen-bond donors (Lipinski definition) is 1. The molecule has 0 spiro atoms. The van der Waals surface area contributed by atoms with Crippen LogP contribution in [0.5, 0.6) is 23.0 Å². The standard InChI is InChI=1S/C25H27ClN2O7S/c1-5-35-21-9-7-6-8-19(21)27-25(29)16-28(20-14-17(26)10-12-22(20)32-2)36(30,31)18-11-13-23(33-3)24(15-18)34-4/h6-15H,5,16H2,1-4H3,(H,27,29). The zero-order chi connectivity index (χ0) is 26.3. The van der Waals surface area contributed by atoms with E-state index in [0.717, 1.165) is 4.31 Å². The highest BCUT2D eigenvalue weighted by Gasteiger charge is 2.31. The highest BCUT2D eigenvalue weighted by atomic mass is 35.5. The van der Waals surface area contributed by atoms with Crippen LogP contribution in [0, 0.1) is 0 Å². The van der Waals surface area contributed by atoms with Gasteiger partial charge in [-0.15, -0.1) is 0 Å². The van der Waals surface area contributed by atoms with Crippen LogP contribution in [0.3, 0.4) is 0 Å². The van der Waals surface area contributed by atoms with Gasteiger partial charge in [0.05, 0.1) is 44.2 Å². The molecule has 0 bridgehead atoms. The van der Waals surface area contributed by atoms with E-state index in [1.54, 1.807) is 30.3 Å². The summed E-state index contributed by atoms with van der Waals surface area (Å²) < 4.78 is 50.1. The van der Waals surface area contributed by atoms with Crippen LogP contribution in [0.15, 0.2) is 65.6 Å². The number of sulfonamides is 1. The van der Waals surface area contributed by atoms with Crippen molar-refractivity contribution < 1.29 is 32.2 Å². The third kappa shape index (κ3) is 5.95. The van der Waals surface area contributed by atoms with Crippen LogP contribution in [0.2, 0.25) is 5.02 Å². The number of hydrogen-bond acceptors (Lipinski definition) is 7. The summed E-state index contributed by atoms with van der Waals surface area (Å²) in [7, 11) is -0.0644. The Morgan fingerprint density at radius 3 is 2.22 bits per heavy atom. The molecule has 11 heteroatoms. The van der Waals surface area contributed by atoms with Gasteiger partial charge in [-0.2, -0.15) is 0 Å². The molecule has 36 heavy (non-hydrogen) atoms. The van der Waals surface area contributed by atoms with Crippen molar-refractivity contribution in [2.75, 3.05) is 44.1 Å². The fraction of sp³-hybridized carbons (Fsp3) is 0.240. The molecule has 0 aliphatic rings. The number of benzene rings is 3. The van der Waals surface area contributed by atoms with E-state index in [1.165, 1.54) is 51.7 Å². The lowest BCUT2D eigenvalue weighted by molar-refractivity contribution is -0.114. The number of carbonyl (C=O) groups excluding carboxylic acids is 1. The maximum absolute atomic E-state index is 13.9. The summed E-state index contributed by atoms with van der Waals surface area (Å²) >= 11 is 6.19. The van der Waals surface area contributed by atoms with Crippen molar-refractivity contribution in [3.63, 3.8) is 0 Å². The van der Waals surface area contributed by atoms with Crippen molar-refractivity contribution in [3.05, 3.63) is 65.7 Å². The van der Waals surface area contributed by atoms with E-state index in [-0.39, 0.29) is 27.1 Å². The second-order valence-electron chi connectivity index (χ2n) is 7.32. The van der Waals surface area contributed by atoms with E-state index in [2.05, 4.69) is 5.32 Å².